The standard InChI is InChI=1S/C15H31O7P3/c1-6-13(9-19-23(4)20-10-13)15(8-3,25(16,17)18)14(7-2)11-21-24(5)22-12-14/h6-12H2,1-5H3,(H2,16,17,18). The monoisotopic (exact) mass is 416 g/mol. The molecule has 10 heteroatoms. The lowest BCUT2D eigenvalue weighted by Crippen LogP contribution is -2.66. The Bertz CT molecular complexity index is 463. The van der Waals surface area contributed by atoms with E-state index in [9.17, 15) is 14.4 Å². The minimum absolute atomic E-state index is 0.285. The molecule has 0 aliphatic carbocycles. The van der Waals surface area contributed by atoms with E-state index in [1.54, 1.807) is 0 Å². The van der Waals surface area contributed by atoms with Gasteiger partial charge in [0.25, 0.3) is 0 Å². The van der Waals surface area contributed by atoms with Gasteiger partial charge in [-0.05, 0) is 19.3 Å². The summed E-state index contributed by atoms with van der Waals surface area (Å²) in [7, 11) is -6.56. The molecule has 0 spiro atoms. The summed E-state index contributed by atoms with van der Waals surface area (Å²) in [5.41, 5.74) is -1.57. The normalized spacial score (nSPS) is 39.8. The van der Waals surface area contributed by atoms with E-state index >= 15 is 0 Å². The summed E-state index contributed by atoms with van der Waals surface area (Å²) >= 11 is 0. The highest BCUT2D eigenvalue weighted by molar-refractivity contribution is 7.53. The largest absolute Gasteiger partial charge is 0.334 e. The molecule has 0 bridgehead atoms. The molecule has 148 valence electrons. The number of rotatable bonds is 6. The van der Waals surface area contributed by atoms with Crippen LogP contribution in [-0.4, -0.2) is 54.7 Å². The first-order valence-corrected chi connectivity index (χ1v) is 13.5. The molecule has 0 radical (unpaired) electrons. The van der Waals surface area contributed by atoms with Crippen molar-refractivity contribution >= 4 is 24.3 Å². The Hall–Kier alpha value is 0.850. The maximum absolute atomic E-state index is 13.1. The summed E-state index contributed by atoms with van der Waals surface area (Å²) in [6.45, 7) is 10.6. The fourth-order valence-electron chi connectivity index (χ4n) is 4.62. The first kappa shape index (κ1) is 22.1. The Morgan fingerprint density at radius 3 is 1.40 bits per heavy atom. The molecule has 0 atom stereocenters. The van der Waals surface area contributed by atoms with Crippen LogP contribution in [0, 0.1) is 10.8 Å². The van der Waals surface area contributed by atoms with Gasteiger partial charge in [-0.2, -0.15) is 0 Å². The molecule has 0 aromatic heterocycles. The summed E-state index contributed by atoms with van der Waals surface area (Å²) in [5.74, 6) is 0. The zero-order valence-electron chi connectivity index (χ0n) is 15.7. The van der Waals surface area contributed by atoms with Crippen LogP contribution in [0.3, 0.4) is 0 Å². The summed E-state index contributed by atoms with van der Waals surface area (Å²) < 4.78 is 36.3. The molecule has 0 unspecified atom stereocenters. The first-order valence-electron chi connectivity index (χ1n) is 8.68. The molecule has 2 fully saturated rings. The van der Waals surface area contributed by atoms with E-state index in [1.165, 1.54) is 0 Å². The molecule has 0 amide bonds. The van der Waals surface area contributed by atoms with Crippen molar-refractivity contribution in [2.75, 3.05) is 39.8 Å². The fraction of sp³-hybridized carbons (Fsp3) is 1.00. The maximum atomic E-state index is 13.1. The zero-order valence-corrected chi connectivity index (χ0v) is 18.4. The lowest BCUT2D eigenvalue weighted by molar-refractivity contribution is -0.102. The van der Waals surface area contributed by atoms with E-state index < -0.39 is 40.3 Å². The van der Waals surface area contributed by atoms with Gasteiger partial charge >= 0.3 is 7.60 Å². The lowest BCUT2D eigenvalue weighted by Gasteiger charge is -2.61. The third kappa shape index (κ3) is 3.50. The van der Waals surface area contributed by atoms with Crippen LogP contribution < -0.4 is 0 Å². The minimum Gasteiger partial charge on any atom is -0.334 e. The van der Waals surface area contributed by atoms with Gasteiger partial charge in [-0.15, -0.1) is 0 Å². The van der Waals surface area contributed by atoms with Gasteiger partial charge in [0.05, 0.1) is 31.6 Å². The Balaban J connectivity index is 2.63. The van der Waals surface area contributed by atoms with Crippen molar-refractivity contribution in [3.05, 3.63) is 0 Å². The Morgan fingerprint density at radius 2 is 1.20 bits per heavy atom. The molecule has 2 heterocycles. The van der Waals surface area contributed by atoms with Crippen molar-refractivity contribution in [2.24, 2.45) is 10.8 Å². The molecule has 0 aromatic carbocycles. The second-order valence-corrected chi connectivity index (χ2v) is 11.6. The third-order valence-electron chi connectivity index (χ3n) is 6.21. The van der Waals surface area contributed by atoms with Gasteiger partial charge in [0.1, 0.15) is 0 Å². The van der Waals surface area contributed by atoms with Gasteiger partial charge in [0.2, 0.25) is 0 Å². The second kappa shape index (κ2) is 8.07. The molecule has 0 saturated carbocycles. The highest BCUT2D eigenvalue weighted by Gasteiger charge is 2.71. The number of hydrogen-bond donors (Lipinski definition) is 2. The predicted octanol–water partition coefficient (Wildman–Crippen LogP) is 4.08. The van der Waals surface area contributed by atoms with Crippen molar-refractivity contribution < 1.29 is 32.4 Å². The minimum atomic E-state index is -4.55. The average molecular weight is 416 g/mol. The van der Waals surface area contributed by atoms with E-state index in [-0.39, 0.29) is 26.4 Å². The molecule has 0 aromatic rings. The highest BCUT2D eigenvalue weighted by atomic mass is 31.2. The lowest BCUT2D eigenvalue weighted by atomic mass is 9.58. The van der Waals surface area contributed by atoms with Gasteiger partial charge in [-0.1, -0.05) is 20.8 Å². The molecule has 2 N–H and O–H groups in total. The van der Waals surface area contributed by atoms with Crippen LogP contribution in [0.25, 0.3) is 0 Å². The number of hydrogen-bond acceptors (Lipinski definition) is 5. The summed E-state index contributed by atoms with van der Waals surface area (Å²) in [6.07, 6.45) is 1.41. The third-order valence-corrected chi connectivity index (χ3v) is 10.4. The molecular weight excluding hydrogens is 385 g/mol. The fourth-order valence-corrected chi connectivity index (χ4v) is 8.71. The van der Waals surface area contributed by atoms with Crippen LogP contribution in [0.5, 0.6) is 0 Å². The van der Waals surface area contributed by atoms with Crippen LogP contribution in [0.15, 0.2) is 0 Å². The van der Waals surface area contributed by atoms with Gasteiger partial charge in [-0.3, -0.25) is 4.57 Å². The Labute approximate surface area is 153 Å². The van der Waals surface area contributed by atoms with Crippen LogP contribution in [0.1, 0.15) is 40.0 Å². The smallest absolute Gasteiger partial charge is 0.333 e. The first-order chi connectivity index (χ1) is 11.6. The van der Waals surface area contributed by atoms with Crippen molar-refractivity contribution in [1.82, 2.24) is 0 Å². The van der Waals surface area contributed by atoms with E-state index in [0.717, 1.165) is 0 Å². The average Bonchev–Trinajstić information content (AvgIpc) is 2.58. The summed E-state index contributed by atoms with van der Waals surface area (Å²) in [4.78, 5) is 21.3. The summed E-state index contributed by atoms with van der Waals surface area (Å²) in [6, 6.07) is 0. The van der Waals surface area contributed by atoms with Crippen LogP contribution >= 0.6 is 24.3 Å². The molecule has 7 nitrogen and oxygen atoms in total. The quantitative estimate of drug-likeness (QED) is 0.630. The van der Waals surface area contributed by atoms with E-state index in [1.807, 2.05) is 34.1 Å². The van der Waals surface area contributed by atoms with Crippen molar-refractivity contribution in [1.29, 1.82) is 0 Å². The van der Waals surface area contributed by atoms with Gasteiger partial charge in [0.15, 0.2) is 16.8 Å². The van der Waals surface area contributed by atoms with E-state index in [4.69, 9.17) is 18.1 Å². The van der Waals surface area contributed by atoms with Crippen molar-refractivity contribution in [3.63, 3.8) is 0 Å². The molecule has 2 aliphatic rings. The predicted molar refractivity (Wildman–Crippen MR) is 100 cm³/mol. The van der Waals surface area contributed by atoms with Gasteiger partial charge < -0.3 is 27.9 Å². The second-order valence-electron chi connectivity index (χ2n) is 7.00. The molecule has 2 rings (SSSR count). The van der Waals surface area contributed by atoms with E-state index in [2.05, 4.69) is 0 Å². The SMILES string of the molecule is CCC1(C(CC)(C2(CC)COP(C)OC2)P(=O)(O)O)COP(C)OC1. The van der Waals surface area contributed by atoms with Crippen LogP contribution in [0.2, 0.25) is 0 Å². The van der Waals surface area contributed by atoms with Gasteiger partial charge in [-0.25, -0.2) is 0 Å². The van der Waals surface area contributed by atoms with Crippen LogP contribution in [0.4, 0.5) is 0 Å². The molecule has 25 heavy (non-hydrogen) atoms. The summed E-state index contributed by atoms with van der Waals surface area (Å²) in [5, 5.41) is -1.33. The van der Waals surface area contributed by atoms with E-state index in [0.29, 0.717) is 19.3 Å². The highest BCUT2D eigenvalue weighted by Crippen LogP contribution is 2.73. The molecular formula is C15H31O7P3. The van der Waals surface area contributed by atoms with Crippen molar-refractivity contribution in [2.45, 2.75) is 45.2 Å². The van der Waals surface area contributed by atoms with Crippen molar-refractivity contribution in [3.8, 4) is 0 Å². The molecule has 2 saturated heterocycles. The zero-order chi connectivity index (χ0) is 18.9. The molecule has 2 aliphatic heterocycles. The van der Waals surface area contributed by atoms with Gasteiger partial charge in [0, 0.05) is 24.2 Å². The Kier molecular flexibility index (Phi) is 7.15. The maximum Gasteiger partial charge on any atom is 0.333 e. The Morgan fingerprint density at radius 1 is 0.880 bits per heavy atom. The van der Waals surface area contributed by atoms with Crippen LogP contribution in [-0.2, 0) is 22.7 Å². The topological polar surface area (TPSA) is 94.5 Å².